The van der Waals surface area contributed by atoms with Crippen LogP contribution in [0.5, 0.6) is 0 Å². The van der Waals surface area contributed by atoms with Gasteiger partial charge in [0.25, 0.3) is 0 Å². The molecule has 6 nitrogen and oxygen atoms in total. The summed E-state index contributed by atoms with van der Waals surface area (Å²) < 4.78 is 27.9. The first kappa shape index (κ1) is 15.9. The Labute approximate surface area is 116 Å². The number of rotatable bonds is 5. The monoisotopic (exact) mass is 307 g/mol. The van der Waals surface area contributed by atoms with E-state index in [-0.39, 0.29) is 27.6 Å². The average Bonchev–Trinajstić information content (AvgIpc) is 2.34. The highest BCUT2D eigenvalue weighted by atomic mass is 35.5. The van der Waals surface area contributed by atoms with Crippen molar-refractivity contribution in [1.82, 2.24) is 5.48 Å². The summed E-state index contributed by atoms with van der Waals surface area (Å²) in [7, 11) is -0.862. The summed E-state index contributed by atoms with van der Waals surface area (Å²) in [4.78, 5) is 16.2. The Kier molecular flexibility index (Phi) is 5.30. The fourth-order valence-electron chi connectivity index (χ4n) is 1.53. The lowest BCUT2D eigenvalue weighted by Crippen LogP contribution is -2.16. The number of carbonyl (C=O) groups excluding carboxylic acids is 1. The van der Waals surface area contributed by atoms with Crippen LogP contribution < -0.4 is 5.48 Å². The third-order valence-corrected chi connectivity index (χ3v) is 4.01. The molecule has 0 aliphatic heterocycles. The summed E-state index contributed by atoms with van der Waals surface area (Å²) in [6, 6.07) is 2.64. The van der Waals surface area contributed by atoms with E-state index in [9.17, 15) is 13.2 Å². The molecule has 0 saturated heterocycles. The van der Waals surface area contributed by atoms with Gasteiger partial charge in [-0.25, -0.2) is 13.2 Å². The van der Waals surface area contributed by atoms with Gasteiger partial charge < -0.3 is 9.57 Å². The number of esters is 1. The second-order valence-electron chi connectivity index (χ2n) is 3.69. The molecule has 0 saturated carbocycles. The second-order valence-corrected chi connectivity index (χ2v) is 6.05. The molecule has 0 fully saturated rings. The number of sulfone groups is 1. The number of nitrogens with one attached hydrogen (secondary N) is 1. The van der Waals surface area contributed by atoms with Crippen LogP contribution in [0.25, 0.3) is 0 Å². The number of benzene rings is 1. The predicted molar refractivity (Wildman–Crippen MR) is 69.8 cm³/mol. The summed E-state index contributed by atoms with van der Waals surface area (Å²) in [5, 5.41) is 0.0272. The fourth-order valence-corrected chi connectivity index (χ4v) is 2.83. The Morgan fingerprint density at radius 2 is 2.00 bits per heavy atom. The number of halogens is 1. The molecule has 1 aromatic rings. The van der Waals surface area contributed by atoms with Crippen LogP contribution in [0.4, 0.5) is 0 Å². The van der Waals surface area contributed by atoms with E-state index in [1.54, 1.807) is 0 Å². The smallest absolute Gasteiger partial charge is 0.339 e. The van der Waals surface area contributed by atoms with Gasteiger partial charge in [-0.05, 0) is 12.1 Å². The molecule has 0 atom stereocenters. The zero-order valence-corrected chi connectivity index (χ0v) is 12.3. The molecule has 1 N–H and O–H groups in total. The van der Waals surface area contributed by atoms with Crippen molar-refractivity contribution < 1.29 is 22.8 Å². The number of carbonyl (C=O) groups is 1. The molecule has 106 valence electrons. The van der Waals surface area contributed by atoms with Crippen LogP contribution >= 0.6 is 11.6 Å². The zero-order valence-electron chi connectivity index (χ0n) is 10.7. The van der Waals surface area contributed by atoms with E-state index in [0.29, 0.717) is 0 Å². The molecule has 0 aromatic heterocycles. The van der Waals surface area contributed by atoms with Gasteiger partial charge in [0.05, 0.1) is 29.7 Å². The van der Waals surface area contributed by atoms with Crippen LogP contribution in [-0.2, 0) is 26.0 Å². The predicted octanol–water partition coefficient (Wildman–Crippen LogP) is 1.18. The minimum absolute atomic E-state index is 0.0272. The Balaban J connectivity index is 3.45. The van der Waals surface area contributed by atoms with Crippen LogP contribution in [0.1, 0.15) is 15.9 Å². The first-order valence-electron chi connectivity index (χ1n) is 5.18. The van der Waals surface area contributed by atoms with E-state index in [0.717, 1.165) is 6.26 Å². The van der Waals surface area contributed by atoms with E-state index in [2.05, 4.69) is 15.1 Å². The molecule has 1 rings (SSSR count). The third kappa shape index (κ3) is 3.66. The van der Waals surface area contributed by atoms with E-state index in [1.807, 2.05) is 0 Å². The van der Waals surface area contributed by atoms with Gasteiger partial charge in [0.1, 0.15) is 0 Å². The van der Waals surface area contributed by atoms with Gasteiger partial charge >= 0.3 is 5.97 Å². The minimum atomic E-state index is -3.47. The molecule has 1 aromatic carbocycles. The highest BCUT2D eigenvalue weighted by molar-refractivity contribution is 7.90. The van der Waals surface area contributed by atoms with Crippen LogP contribution in [-0.4, -0.2) is 34.9 Å². The Bertz CT molecular complexity index is 585. The van der Waals surface area contributed by atoms with Crippen molar-refractivity contribution in [3.8, 4) is 0 Å². The highest BCUT2D eigenvalue weighted by Crippen LogP contribution is 2.28. The average molecular weight is 308 g/mol. The molecule has 0 unspecified atom stereocenters. The topological polar surface area (TPSA) is 81.7 Å². The molecule has 0 radical (unpaired) electrons. The second kappa shape index (κ2) is 6.33. The van der Waals surface area contributed by atoms with Crippen LogP contribution in [0.15, 0.2) is 17.0 Å². The summed E-state index contributed by atoms with van der Waals surface area (Å²) in [5.74, 6) is -0.635. The summed E-state index contributed by atoms with van der Waals surface area (Å²) in [6.45, 7) is 0.0442. The minimum Gasteiger partial charge on any atom is -0.465 e. The van der Waals surface area contributed by atoms with Crippen molar-refractivity contribution in [2.75, 3.05) is 20.5 Å². The van der Waals surface area contributed by atoms with Crippen molar-refractivity contribution >= 4 is 27.4 Å². The molecule has 8 heteroatoms. The Morgan fingerprint density at radius 3 is 2.47 bits per heavy atom. The molecule has 0 aliphatic carbocycles. The largest absolute Gasteiger partial charge is 0.465 e. The third-order valence-electron chi connectivity index (χ3n) is 2.40. The molecule has 0 spiro atoms. The van der Waals surface area contributed by atoms with E-state index in [1.165, 1.54) is 26.4 Å². The van der Waals surface area contributed by atoms with Gasteiger partial charge in [0, 0.05) is 18.4 Å². The quantitative estimate of drug-likeness (QED) is 0.650. The number of ether oxygens (including phenoxy) is 1. The SMILES string of the molecule is CONCc1c(S(C)(=O)=O)ccc(C(=O)OC)c1Cl. The van der Waals surface area contributed by atoms with Crippen molar-refractivity contribution in [3.63, 3.8) is 0 Å². The highest BCUT2D eigenvalue weighted by Gasteiger charge is 2.21. The summed E-state index contributed by atoms with van der Waals surface area (Å²) >= 11 is 6.07. The van der Waals surface area contributed by atoms with E-state index >= 15 is 0 Å². The Hall–Kier alpha value is -1.15. The van der Waals surface area contributed by atoms with Crippen molar-refractivity contribution in [1.29, 1.82) is 0 Å². The fraction of sp³-hybridized carbons (Fsp3) is 0.364. The number of methoxy groups -OCH3 is 1. The molecule has 19 heavy (non-hydrogen) atoms. The molecule has 0 heterocycles. The van der Waals surface area contributed by atoms with E-state index in [4.69, 9.17) is 11.6 Å². The first-order valence-corrected chi connectivity index (χ1v) is 7.45. The molecule has 0 aliphatic rings. The maximum absolute atomic E-state index is 11.7. The number of hydrogen-bond donors (Lipinski definition) is 1. The summed E-state index contributed by atoms with van der Waals surface area (Å²) in [6.07, 6.45) is 1.06. The van der Waals surface area contributed by atoms with Gasteiger partial charge in [-0.15, -0.1) is 0 Å². The molecular formula is C11H14ClNO5S. The van der Waals surface area contributed by atoms with Crippen molar-refractivity contribution in [2.24, 2.45) is 0 Å². The molecular weight excluding hydrogens is 294 g/mol. The zero-order chi connectivity index (χ0) is 14.6. The van der Waals surface area contributed by atoms with Gasteiger partial charge in [0.2, 0.25) is 0 Å². The first-order chi connectivity index (χ1) is 8.82. The van der Waals surface area contributed by atoms with Crippen LogP contribution in [0.3, 0.4) is 0 Å². The lowest BCUT2D eigenvalue weighted by Gasteiger charge is -2.13. The maximum Gasteiger partial charge on any atom is 0.339 e. The lowest BCUT2D eigenvalue weighted by atomic mass is 10.1. The number of hydrogen-bond acceptors (Lipinski definition) is 6. The number of hydroxylamine groups is 1. The van der Waals surface area contributed by atoms with Gasteiger partial charge in [-0.2, -0.15) is 5.48 Å². The molecule has 0 amide bonds. The van der Waals surface area contributed by atoms with Gasteiger partial charge in [-0.3, -0.25) is 0 Å². The standard InChI is InChI=1S/C11H14ClNO5S/c1-17-11(14)7-4-5-9(19(3,15)16)8(10(7)12)6-13-18-2/h4-5,13H,6H2,1-3H3. The van der Waals surface area contributed by atoms with Gasteiger partial charge in [-0.1, -0.05) is 11.6 Å². The normalized spacial score (nSPS) is 11.4. The summed E-state index contributed by atoms with van der Waals surface area (Å²) in [5.41, 5.74) is 2.86. The van der Waals surface area contributed by atoms with Crippen LogP contribution in [0, 0.1) is 0 Å². The van der Waals surface area contributed by atoms with Gasteiger partial charge in [0.15, 0.2) is 9.84 Å². The lowest BCUT2D eigenvalue weighted by molar-refractivity contribution is 0.0600. The van der Waals surface area contributed by atoms with Crippen molar-refractivity contribution in [3.05, 3.63) is 28.3 Å². The van der Waals surface area contributed by atoms with Crippen molar-refractivity contribution in [2.45, 2.75) is 11.4 Å². The maximum atomic E-state index is 11.7. The van der Waals surface area contributed by atoms with Crippen LogP contribution in [0.2, 0.25) is 5.02 Å². The van der Waals surface area contributed by atoms with E-state index < -0.39 is 15.8 Å². The Morgan fingerprint density at radius 1 is 1.37 bits per heavy atom. The molecule has 0 bridgehead atoms.